The van der Waals surface area contributed by atoms with Gasteiger partial charge < -0.3 is 15.7 Å². The fourth-order valence-electron chi connectivity index (χ4n) is 1.09. The topological polar surface area (TPSA) is 78.4 Å². The SMILES string of the molecule is CC(CNC(=O)Nc1cc(Cl)ccc1Cl)C(=O)O. The van der Waals surface area contributed by atoms with Crippen molar-refractivity contribution in [2.45, 2.75) is 6.92 Å². The van der Waals surface area contributed by atoms with Crippen molar-refractivity contribution in [3.63, 3.8) is 0 Å². The monoisotopic (exact) mass is 290 g/mol. The molecule has 5 nitrogen and oxygen atoms in total. The van der Waals surface area contributed by atoms with E-state index >= 15 is 0 Å². The Morgan fingerprint density at radius 1 is 1.39 bits per heavy atom. The molecule has 1 aromatic rings. The Bertz CT molecular complexity index is 466. The highest BCUT2D eigenvalue weighted by molar-refractivity contribution is 6.35. The van der Waals surface area contributed by atoms with Crippen molar-refractivity contribution in [1.82, 2.24) is 5.32 Å². The third-order valence-corrected chi connectivity index (χ3v) is 2.73. The molecule has 0 heterocycles. The molecule has 2 amide bonds. The summed E-state index contributed by atoms with van der Waals surface area (Å²) in [5.41, 5.74) is 0.365. The minimum atomic E-state index is -0.976. The number of carbonyl (C=O) groups is 2. The third kappa shape index (κ3) is 4.43. The molecule has 0 aliphatic carbocycles. The zero-order valence-corrected chi connectivity index (χ0v) is 11.0. The quantitative estimate of drug-likeness (QED) is 0.798. The van der Waals surface area contributed by atoms with Crippen LogP contribution in [0.15, 0.2) is 18.2 Å². The lowest BCUT2D eigenvalue weighted by Crippen LogP contribution is -2.34. The number of amides is 2. The summed E-state index contributed by atoms with van der Waals surface area (Å²) in [5, 5.41) is 14.4. The molecule has 1 rings (SSSR count). The van der Waals surface area contributed by atoms with Gasteiger partial charge in [0.1, 0.15) is 0 Å². The van der Waals surface area contributed by atoms with E-state index in [2.05, 4.69) is 10.6 Å². The lowest BCUT2D eigenvalue weighted by molar-refractivity contribution is -0.140. The number of carboxylic acid groups (broad SMARTS) is 1. The Kier molecular flexibility index (Phi) is 5.25. The Labute approximate surface area is 114 Å². The molecule has 1 aromatic carbocycles. The van der Waals surface area contributed by atoms with E-state index in [0.717, 1.165) is 0 Å². The number of halogens is 2. The van der Waals surface area contributed by atoms with Crippen LogP contribution in [-0.4, -0.2) is 23.7 Å². The highest BCUT2D eigenvalue weighted by atomic mass is 35.5. The molecule has 0 aliphatic rings. The van der Waals surface area contributed by atoms with Gasteiger partial charge in [-0.2, -0.15) is 0 Å². The summed E-state index contributed by atoms with van der Waals surface area (Å²) in [6.07, 6.45) is 0. The molecular weight excluding hydrogens is 279 g/mol. The van der Waals surface area contributed by atoms with E-state index in [1.54, 1.807) is 12.1 Å². The van der Waals surface area contributed by atoms with E-state index in [4.69, 9.17) is 28.3 Å². The average Bonchev–Trinajstić information content (AvgIpc) is 2.30. The molecule has 0 radical (unpaired) electrons. The van der Waals surface area contributed by atoms with Crippen molar-refractivity contribution >= 4 is 40.9 Å². The first kappa shape index (κ1) is 14.6. The second kappa shape index (κ2) is 6.47. The number of rotatable bonds is 4. The van der Waals surface area contributed by atoms with Gasteiger partial charge in [0.25, 0.3) is 0 Å². The fraction of sp³-hybridized carbons (Fsp3) is 0.273. The summed E-state index contributed by atoms with van der Waals surface area (Å²) in [6.45, 7) is 1.52. The molecule has 0 bridgehead atoms. The van der Waals surface area contributed by atoms with Gasteiger partial charge in [-0.05, 0) is 18.2 Å². The van der Waals surface area contributed by atoms with Crippen molar-refractivity contribution < 1.29 is 14.7 Å². The number of hydrogen-bond acceptors (Lipinski definition) is 2. The molecule has 7 heteroatoms. The van der Waals surface area contributed by atoms with Crippen LogP contribution in [-0.2, 0) is 4.79 Å². The number of anilines is 1. The van der Waals surface area contributed by atoms with E-state index in [9.17, 15) is 9.59 Å². The van der Waals surface area contributed by atoms with Crippen LogP contribution in [0.4, 0.5) is 10.5 Å². The highest BCUT2D eigenvalue weighted by Gasteiger charge is 2.12. The number of hydrogen-bond donors (Lipinski definition) is 3. The first-order chi connectivity index (χ1) is 8.40. The lowest BCUT2D eigenvalue weighted by Gasteiger charge is -2.11. The van der Waals surface area contributed by atoms with E-state index < -0.39 is 17.9 Å². The first-order valence-electron chi connectivity index (χ1n) is 5.13. The number of carbonyl (C=O) groups excluding carboxylic acids is 1. The molecular formula is C11H12Cl2N2O3. The fourth-order valence-corrected chi connectivity index (χ4v) is 1.43. The number of aliphatic carboxylic acids is 1. The highest BCUT2D eigenvalue weighted by Crippen LogP contribution is 2.25. The van der Waals surface area contributed by atoms with E-state index in [-0.39, 0.29) is 6.54 Å². The third-order valence-electron chi connectivity index (χ3n) is 2.17. The molecule has 1 atom stereocenters. The molecule has 98 valence electrons. The maximum absolute atomic E-state index is 11.5. The molecule has 0 saturated carbocycles. The minimum absolute atomic E-state index is 0.0271. The van der Waals surface area contributed by atoms with Crippen molar-refractivity contribution in [2.75, 3.05) is 11.9 Å². The van der Waals surface area contributed by atoms with E-state index in [1.807, 2.05) is 0 Å². The number of carboxylic acids is 1. The normalized spacial score (nSPS) is 11.7. The van der Waals surface area contributed by atoms with Gasteiger partial charge in [-0.15, -0.1) is 0 Å². The predicted molar refractivity (Wildman–Crippen MR) is 70.3 cm³/mol. The van der Waals surface area contributed by atoms with E-state index in [0.29, 0.717) is 15.7 Å². The molecule has 0 aliphatic heterocycles. The summed E-state index contributed by atoms with van der Waals surface area (Å²) in [5.74, 6) is -1.64. The van der Waals surface area contributed by atoms with Gasteiger partial charge in [0.05, 0.1) is 16.6 Å². The Hall–Kier alpha value is -1.46. The summed E-state index contributed by atoms with van der Waals surface area (Å²) in [7, 11) is 0. The van der Waals surface area contributed by atoms with Gasteiger partial charge in [0.2, 0.25) is 0 Å². The number of urea groups is 1. The minimum Gasteiger partial charge on any atom is -0.481 e. The summed E-state index contributed by atoms with van der Waals surface area (Å²) >= 11 is 11.6. The largest absolute Gasteiger partial charge is 0.481 e. The van der Waals surface area contributed by atoms with Crippen LogP contribution >= 0.6 is 23.2 Å². The standard InChI is InChI=1S/C11H12Cl2N2O3/c1-6(10(16)17)5-14-11(18)15-9-4-7(12)2-3-8(9)13/h2-4,6H,5H2,1H3,(H,16,17)(H2,14,15,18). The van der Waals surface area contributed by atoms with Gasteiger partial charge >= 0.3 is 12.0 Å². The van der Waals surface area contributed by atoms with Crippen LogP contribution in [0.25, 0.3) is 0 Å². The van der Waals surface area contributed by atoms with E-state index in [1.165, 1.54) is 13.0 Å². The van der Waals surface area contributed by atoms with Crippen molar-refractivity contribution in [3.05, 3.63) is 28.2 Å². The molecule has 3 N–H and O–H groups in total. The van der Waals surface area contributed by atoms with Crippen molar-refractivity contribution in [1.29, 1.82) is 0 Å². The van der Waals surface area contributed by atoms with Gasteiger partial charge in [0, 0.05) is 11.6 Å². The van der Waals surface area contributed by atoms with Gasteiger partial charge in [-0.25, -0.2) is 4.79 Å². The maximum Gasteiger partial charge on any atom is 0.319 e. The van der Waals surface area contributed by atoms with Crippen LogP contribution in [0.5, 0.6) is 0 Å². The average molecular weight is 291 g/mol. The van der Waals surface area contributed by atoms with Gasteiger partial charge in [-0.3, -0.25) is 4.79 Å². The van der Waals surface area contributed by atoms with Gasteiger partial charge in [-0.1, -0.05) is 30.1 Å². The number of benzene rings is 1. The first-order valence-corrected chi connectivity index (χ1v) is 5.88. The summed E-state index contributed by atoms with van der Waals surface area (Å²) < 4.78 is 0. The van der Waals surface area contributed by atoms with Crippen LogP contribution in [0, 0.1) is 5.92 Å². The zero-order chi connectivity index (χ0) is 13.7. The van der Waals surface area contributed by atoms with Crippen molar-refractivity contribution in [3.8, 4) is 0 Å². The Balaban J connectivity index is 2.54. The molecule has 18 heavy (non-hydrogen) atoms. The molecule has 0 aromatic heterocycles. The molecule has 0 fully saturated rings. The Morgan fingerprint density at radius 2 is 2.06 bits per heavy atom. The lowest BCUT2D eigenvalue weighted by atomic mass is 10.2. The summed E-state index contributed by atoms with van der Waals surface area (Å²) in [4.78, 5) is 22.0. The smallest absolute Gasteiger partial charge is 0.319 e. The summed E-state index contributed by atoms with van der Waals surface area (Å²) in [6, 6.07) is 4.12. The Morgan fingerprint density at radius 3 is 2.67 bits per heavy atom. The number of nitrogens with one attached hydrogen (secondary N) is 2. The van der Waals surface area contributed by atoms with Gasteiger partial charge in [0.15, 0.2) is 0 Å². The van der Waals surface area contributed by atoms with Crippen LogP contribution in [0.1, 0.15) is 6.92 Å². The predicted octanol–water partition coefficient (Wildman–Crippen LogP) is 2.84. The van der Waals surface area contributed by atoms with Crippen LogP contribution in [0.3, 0.4) is 0 Å². The van der Waals surface area contributed by atoms with Crippen molar-refractivity contribution in [2.24, 2.45) is 5.92 Å². The zero-order valence-electron chi connectivity index (χ0n) is 9.54. The second-order valence-corrected chi connectivity index (χ2v) is 4.54. The molecule has 1 unspecified atom stereocenters. The van der Waals surface area contributed by atoms with Crippen LogP contribution in [0.2, 0.25) is 10.0 Å². The molecule has 0 saturated heterocycles. The second-order valence-electron chi connectivity index (χ2n) is 3.70. The van der Waals surface area contributed by atoms with Crippen LogP contribution < -0.4 is 10.6 Å². The maximum atomic E-state index is 11.5. The molecule has 0 spiro atoms.